The van der Waals surface area contributed by atoms with Crippen molar-refractivity contribution in [3.05, 3.63) is 39.8 Å². The topological polar surface area (TPSA) is 120 Å². The number of hydrogen-bond donors (Lipinski definition) is 2. The van der Waals surface area contributed by atoms with Gasteiger partial charge in [-0.05, 0) is 30.0 Å². The molecule has 0 radical (unpaired) electrons. The van der Waals surface area contributed by atoms with Crippen molar-refractivity contribution in [1.82, 2.24) is 4.98 Å². The van der Waals surface area contributed by atoms with Gasteiger partial charge in [0.25, 0.3) is 10.0 Å². The molecule has 2 N–H and O–H groups in total. The molecular weight excluding hydrogens is 314 g/mol. The Hall–Kier alpha value is -2.44. The van der Waals surface area contributed by atoms with E-state index >= 15 is 0 Å². The highest BCUT2D eigenvalue weighted by molar-refractivity contribution is 7.92. The van der Waals surface area contributed by atoms with Crippen LogP contribution in [0.2, 0.25) is 0 Å². The first-order valence-corrected chi connectivity index (χ1v) is 7.92. The van der Waals surface area contributed by atoms with E-state index in [0.717, 1.165) is 17.5 Å². The van der Waals surface area contributed by atoms with Crippen LogP contribution in [-0.2, 0) is 10.0 Å². The lowest BCUT2D eigenvalue weighted by Crippen LogP contribution is -2.15. The summed E-state index contributed by atoms with van der Waals surface area (Å²) in [6, 6.07) is 4.29. The van der Waals surface area contributed by atoms with Crippen LogP contribution in [0.4, 0.5) is 5.69 Å². The number of nitriles is 1. The summed E-state index contributed by atoms with van der Waals surface area (Å²) in [6.07, 6.45) is 1.04. The summed E-state index contributed by atoms with van der Waals surface area (Å²) in [6.45, 7) is 1.61. The minimum atomic E-state index is -3.97. The van der Waals surface area contributed by atoms with Crippen LogP contribution in [-0.4, -0.2) is 24.5 Å². The number of nitrogens with zero attached hydrogens (tertiary/aromatic N) is 2. The molecule has 9 heteroatoms. The third-order valence-electron chi connectivity index (χ3n) is 2.57. The fourth-order valence-electron chi connectivity index (χ4n) is 1.53. The van der Waals surface area contributed by atoms with Gasteiger partial charge in [-0.15, -0.1) is 11.3 Å². The SMILES string of the molecule is Cc1csc(C(=O)O)c1NS(=O)(=O)c1ccc(C#N)nc1. The van der Waals surface area contributed by atoms with E-state index in [4.69, 9.17) is 10.4 Å². The molecule has 0 unspecified atom stereocenters. The van der Waals surface area contributed by atoms with Crippen LogP contribution >= 0.6 is 11.3 Å². The van der Waals surface area contributed by atoms with Crippen molar-refractivity contribution in [2.24, 2.45) is 0 Å². The van der Waals surface area contributed by atoms with Gasteiger partial charge in [-0.1, -0.05) is 0 Å². The van der Waals surface area contributed by atoms with Gasteiger partial charge in [0.1, 0.15) is 21.5 Å². The normalized spacial score (nSPS) is 10.9. The molecule has 2 aromatic heterocycles. The molecule has 0 fully saturated rings. The summed E-state index contributed by atoms with van der Waals surface area (Å²) in [4.78, 5) is 14.5. The number of nitrogens with one attached hydrogen (secondary N) is 1. The average molecular weight is 323 g/mol. The number of carboxylic acid groups (broad SMARTS) is 1. The zero-order valence-electron chi connectivity index (χ0n) is 10.7. The summed E-state index contributed by atoms with van der Waals surface area (Å²) >= 11 is 0.941. The van der Waals surface area contributed by atoms with E-state index in [9.17, 15) is 13.2 Å². The standard InChI is InChI=1S/C12H9N3O4S2/c1-7-6-20-11(12(16)17)10(7)15-21(18,19)9-3-2-8(4-13)14-5-9/h2-3,5-6,15H,1H3,(H,16,17). The van der Waals surface area contributed by atoms with Crippen LogP contribution in [0.25, 0.3) is 0 Å². The van der Waals surface area contributed by atoms with Crippen LogP contribution < -0.4 is 4.72 Å². The van der Waals surface area contributed by atoms with Crippen molar-refractivity contribution in [2.75, 3.05) is 4.72 Å². The van der Waals surface area contributed by atoms with Crippen LogP contribution in [0.5, 0.6) is 0 Å². The summed E-state index contributed by atoms with van der Waals surface area (Å²) in [5.41, 5.74) is 0.645. The fraction of sp³-hybridized carbons (Fsp3) is 0.0833. The van der Waals surface area contributed by atoms with E-state index in [1.54, 1.807) is 18.4 Å². The molecule has 108 valence electrons. The number of aromatic carboxylic acids is 1. The van der Waals surface area contributed by atoms with E-state index in [-0.39, 0.29) is 21.2 Å². The van der Waals surface area contributed by atoms with Crippen LogP contribution in [0.1, 0.15) is 20.9 Å². The van der Waals surface area contributed by atoms with E-state index in [2.05, 4.69) is 9.71 Å². The predicted molar refractivity (Wildman–Crippen MR) is 75.8 cm³/mol. The first-order chi connectivity index (χ1) is 9.85. The Morgan fingerprint density at radius 3 is 2.71 bits per heavy atom. The van der Waals surface area contributed by atoms with Gasteiger partial charge < -0.3 is 5.11 Å². The lowest BCUT2D eigenvalue weighted by Gasteiger charge is -2.08. The number of anilines is 1. The highest BCUT2D eigenvalue weighted by atomic mass is 32.2. The van der Waals surface area contributed by atoms with Crippen molar-refractivity contribution in [3.63, 3.8) is 0 Å². The molecule has 0 amide bonds. The fourth-order valence-corrected chi connectivity index (χ4v) is 3.52. The summed E-state index contributed by atoms with van der Waals surface area (Å²) < 4.78 is 26.7. The second-order valence-electron chi connectivity index (χ2n) is 4.02. The molecule has 0 aliphatic rings. The summed E-state index contributed by atoms with van der Waals surface area (Å²) in [5.74, 6) is -1.20. The number of pyridine rings is 1. The Kier molecular flexibility index (Phi) is 3.93. The molecule has 7 nitrogen and oxygen atoms in total. The lowest BCUT2D eigenvalue weighted by atomic mass is 10.3. The van der Waals surface area contributed by atoms with E-state index < -0.39 is 16.0 Å². The third kappa shape index (κ3) is 3.01. The van der Waals surface area contributed by atoms with E-state index in [1.807, 2.05) is 0 Å². The van der Waals surface area contributed by atoms with Crippen LogP contribution in [0, 0.1) is 18.3 Å². The molecule has 2 aromatic rings. The van der Waals surface area contributed by atoms with Gasteiger partial charge >= 0.3 is 5.97 Å². The second kappa shape index (κ2) is 5.51. The Bertz CT molecular complexity index is 832. The largest absolute Gasteiger partial charge is 0.477 e. The Morgan fingerprint density at radius 1 is 1.48 bits per heavy atom. The van der Waals surface area contributed by atoms with Crippen molar-refractivity contribution in [2.45, 2.75) is 11.8 Å². The molecule has 21 heavy (non-hydrogen) atoms. The maximum atomic E-state index is 12.2. The highest BCUT2D eigenvalue weighted by Gasteiger charge is 2.22. The van der Waals surface area contributed by atoms with Gasteiger partial charge in [0.2, 0.25) is 0 Å². The van der Waals surface area contributed by atoms with Gasteiger partial charge in [0.05, 0.1) is 5.69 Å². The average Bonchev–Trinajstić information content (AvgIpc) is 2.80. The van der Waals surface area contributed by atoms with Gasteiger partial charge in [-0.25, -0.2) is 18.2 Å². The minimum absolute atomic E-state index is 0.0388. The molecule has 0 spiro atoms. The van der Waals surface area contributed by atoms with Gasteiger partial charge in [0, 0.05) is 6.20 Å². The van der Waals surface area contributed by atoms with Gasteiger partial charge in [0.15, 0.2) is 0 Å². The quantitative estimate of drug-likeness (QED) is 0.885. The first-order valence-electron chi connectivity index (χ1n) is 5.55. The van der Waals surface area contributed by atoms with E-state index in [1.165, 1.54) is 12.1 Å². The Balaban J connectivity index is 2.40. The molecule has 0 aromatic carbocycles. The highest BCUT2D eigenvalue weighted by Crippen LogP contribution is 2.29. The van der Waals surface area contributed by atoms with Gasteiger partial charge in [-0.3, -0.25) is 4.72 Å². The molecule has 0 saturated carbocycles. The third-order valence-corrected chi connectivity index (χ3v) is 4.99. The van der Waals surface area contributed by atoms with Crippen molar-refractivity contribution >= 4 is 33.0 Å². The number of carbonyl (C=O) groups is 1. The first kappa shape index (κ1) is 15.0. The maximum Gasteiger partial charge on any atom is 0.348 e. The molecule has 2 heterocycles. The van der Waals surface area contributed by atoms with Crippen molar-refractivity contribution < 1.29 is 18.3 Å². The number of thiophene rings is 1. The van der Waals surface area contributed by atoms with Crippen LogP contribution in [0.15, 0.2) is 28.6 Å². The Morgan fingerprint density at radius 2 is 2.19 bits per heavy atom. The monoisotopic (exact) mass is 323 g/mol. The van der Waals surface area contributed by atoms with E-state index in [0.29, 0.717) is 5.56 Å². The molecule has 0 bridgehead atoms. The zero-order valence-corrected chi connectivity index (χ0v) is 12.3. The van der Waals surface area contributed by atoms with Crippen LogP contribution in [0.3, 0.4) is 0 Å². The molecule has 2 rings (SSSR count). The summed E-state index contributed by atoms with van der Waals surface area (Å²) in [5, 5.41) is 19.2. The number of sulfonamides is 1. The number of aromatic nitrogens is 1. The predicted octanol–water partition coefficient (Wildman–Crippen LogP) is 1.82. The smallest absolute Gasteiger partial charge is 0.348 e. The lowest BCUT2D eigenvalue weighted by molar-refractivity contribution is 0.0703. The number of carboxylic acids is 1. The minimum Gasteiger partial charge on any atom is -0.477 e. The number of aryl methyl sites for hydroxylation is 1. The summed E-state index contributed by atoms with van der Waals surface area (Å²) in [7, 11) is -3.97. The van der Waals surface area contributed by atoms with Crippen molar-refractivity contribution in [3.8, 4) is 6.07 Å². The second-order valence-corrected chi connectivity index (χ2v) is 6.59. The van der Waals surface area contributed by atoms with Gasteiger partial charge in [-0.2, -0.15) is 5.26 Å². The molecule has 0 aliphatic heterocycles. The molecule has 0 aliphatic carbocycles. The Labute approximate surface area is 124 Å². The zero-order chi connectivity index (χ0) is 15.6. The number of rotatable bonds is 4. The molecule has 0 atom stereocenters. The number of hydrogen-bond acceptors (Lipinski definition) is 6. The molecular formula is C12H9N3O4S2. The maximum absolute atomic E-state index is 12.2. The van der Waals surface area contributed by atoms with Crippen molar-refractivity contribution in [1.29, 1.82) is 5.26 Å². The molecule has 0 saturated heterocycles.